The Bertz CT molecular complexity index is 1040. The summed E-state index contributed by atoms with van der Waals surface area (Å²) in [5.74, 6) is 0.576. The number of piperidine rings is 1. The molecule has 1 aliphatic rings. The van der Waals surface area contributed by atoms with E-state index in [9.17, 15) is 9.59 Å². The topological polar surface area (TPSA) is 100 Å². The molecular formula is C23H25N5O3. The highest BCUT2D eigenvalue weighted by molar-refractivity contribution is 5.93. The van der Waals surface area contributed by atoms with Crippen molar-refractivity contribution in [2.75, 3.05) is 20.2 Å². The molecule has 2 amide bonds. The molecule has 0 atom stereocenters. The SMILES string of the molecule is COc1cccc(CNC(=O)C2CCN(C(=O)c3cc(-c4ccncc4)[nH]n3)CC2)c1. The molecule has 31 heavy (non-hydrogen) atoms. The summed E-state index contributed by atoms with van der Waals surface area (Å²) in [6, 6.07) is 13.1. The number of hydrogen-bond acceptors (Lipinski definition) is 5. The molecule has 0 aliphatic carbocycles. The van der Waals surface area contributed by atoms with E-state index in [1.807, 2.05) is 36.4 Å². The van der Waals surface area contributed by atoms with Gasteiger partial charge in [-0.05, 0) is 48.7 Å². The van der Waals surface area contributed by atoms with Crippen LogP contribution in [0.1, 0.15) is 28.9 Å². The Morgan fingerprint density at radius 3 is 2.68 bits per heavy atom. The van der Waals surface area contributed by atoms with E-state index in [2.05, 4.69) is 20.5 Å². The molecule has 2 aromatic heterocycles. The third-order valence-electron chi connectivity index (χ3n) is 5.54. The number of carbonyl (C=O) groups is 2. The second-order valence-corrected chi connectivity index (χ2v) is 7.54. The Balaban J connectivity index is 1.28. The van der Waals surface area contributed by atoms with Gasteiger partial charge in [0.25, 0.3) is 5.91 Å². The van der Waals surface area contributed by atoms with Crippen LogP contribution in [0.25, 0.3) is 11.3 Å². The molecule has 8 heteroatoms. The average Bonchev–Trinajstić information content (AvgIpc) is 3.33. The Hall–Kier alpha value is -3.68. The first-order chi connectivity index (χ1) is 15.1. The number of rotatable bonds is 6. The average molecular weight is 419 g/mol. The molecule has 4 rings (SSSR count). The summed E-state index contributed by atoms with van der Waals surface area (Å²) in [7, 11) is 1.62. The van der Waals surface area contributed by atoms with Gasteiger partial charge in [0.2, 0.25) is 5.91 Å². The van der Waals surface area contributed by atoms with Crippen molar-refractivity contribution in [3.05, 3.63) is 66.1 Å². The molecule has 0 radical (unpaired) electrons. The number of hydrogen-bond donors (Lipinski definition) is 2. The maximum absolute atomic E-state index is 12.8. The van der Waals surface area contributed by atoms with E-state index in [0.29, 0.717) is 38.2 Å². The molecule has 2 N–H and O–H groups in total. The van der Waals surface area contributed by atoms with E-state index in [0.717, 1.165) is 22.6 Å². The van der Waals surface area contributed by atoms with Crippen molar-refractivity contribution in [3.63, 3.8) is 0 Å². The third kappa shape index (κ3) is 4.91. The second-order valence-electron chi connectivity index (χ2n) is 7.54. The zero-order chi connectivity index (χ0) is 21.6. The van der Waals surface area contributed by atoms with Crippen LogP contribution in [0.3, 0.4) is 0 Å². The van der Waals surface area contributed by atoms with E-state index in [-0.39, 0.29) is 17.7 Å². The van der Waals surface area contributed by atoms with Crippen LogP contribution < -0.4 is 10.1 Å². The Kier molecular flexibility index (Phi) is 6.26. The van der Waals surface area contributed by atoms with E-state index in [4.69, 9.17) is 4.74 Å². The van der Waals surface area contributed by atoms with Crippen LogP contribution in [0.4, 0.5) is 0 Å². The van der Waals surface area contributed by atoms with Crippen LogP contribution in [-0.4, -0.2) is 52.1 Å². The molecule has 8 nitrogen and oxygen atoms in total. The van der Waals surface area contributed by atoms with Crippen molar-refractivity contribution in [1.82, 2.24) is 25.4 Å². The van der Waals surface area contributed by atoms with Gasteiger partial charge in [0.05, 0.1) is 12.8 Å². The first-order valence-electron chi connectivity index (χ1n) is 10.3. The van der Waals surface area contributed by atoms with Crippen molar-refractivity contribution in [1.29, 1.82) is 0 Å². The third-order valence-corrected chi connectivity index (χ3v) is 5.54. The number of methoxy groups -OCH3 is 1. The lowest BCUT2D eigenvalue weighted by Gasteiger charge is -2.30. The van der Waals surface area contributed by atoms with E-state index in [1.54, 1.807) is 30.5 Å². The minimum Gasteiger partial charge on any atom is -0.497 e. The number of aromatic nitrogens is 3. The fourth-order valence-corrected chi connectivity index (χ4v) is 3.73. The smallest absolute Gasteiger partial charge is 0.274 e. The predicted octanol–water partition coefficient (Wildman–Crippen LogP) is 2.65. The van der Waals surface area contributed by atoms with Gasteiger partial charge < -0.3 is 15.0 Å². The summed E-state index contributed by atoms with van der Waals surface area (Å²) < 4.78 is 5.21. The molecule has 3 aromatic rings. The zero-order valence-corrected chi connectivity index (χ0v) is 17.4. The molecule has 3 heterocycles. The summed E-state index contributed by atoms with van der Waals surface area (Å²) >= 11 is 0. The van der Waals surface area contributed by atoms with Crippen molar-refractivity contribution in [3.8, 4) is 17.0 Å². The fourth-order valence-electron chi connectivity index (χ4n) is 3.73. The summed E-state index contributed by atoms with van der Waals surface area (Å²) in [5, 5.41) is 10.1. The minimum atomic E-state index is -0.119. The number of carbonyl (C=O) groups excluding carboxylic acids is 2. The molecule has 0 bridgehead atoms. The van der Waals surface area contributed by atoms with Crippen molar-refractivity contribution < 1.29 is 14.3 Å². The molecule has 160 valence electrons. The van der Waals surface area contributed by atoms with Crippen LogP contribution >= 0.6 is 0 Å². The summed E-state index contributed by atoms with van der Waals surface area (Å²) in [6.45, 7) is 1.53. The monoisotopic (exact) mass is 419 g/mol. The van der Waals surface area contributed by atoms with Crippen LogP contribution in [0.2, 0.25) is 0 Å². The summed E-state index contributed by atoms with van der Waals surface area (Å²) in [5.41, 5.74) is 3.07. The molecule has 0 saturated carbocycles. The number of ether oxygens (including phenoxy) is 1. The number of aromatic amines is 1. The number of pyridine rings is 1. The van der Waals surface area contributed by atoms with E-state index < -0.39 is 0 Å². The van der Waals surface area contributed by atoms with Gasteiger partial charge in [0, 0.05) is 43.5 Å². The van der Waals surface area contributed by atoms with Gasteiger partial charge in [-0.3, -0.25) is 19.7 Å². The normalized spacial score (nSPS) is 14.3. The number of nitrogens with zero attached hydrogens (tertiary/aromatic N) is 3. The summed E-state index contributed by atoms with van der Waals surface area (Å²) in [6.07, 6.45) is 4.66. The maximum Gasteiger partial charge on any atom is 0.274 e. The second kappa shape index (κ2) is 9.42. The molecule has 1 fully saturated rings. The highest BCUT2D eigenvalue weighted by atomic mass is 16.5. The largest absolute Gasteiger partial charge is 0.497 e. The maximum atomic E-state index is 12.8. The molecule has 1 aromatic carbocycles. The Labute approximate surface area is 180 Å². The highest BCUT2D eigenvalue weighted by Gasteiger charge is 2.28. The predicted molar refractivity (Wildman–Crippen MR) is 115 cm³/mol. The fraction of sp³-hybridized carbons (Fsp3) is 0.304. The molecule has 0 spiro atoms. The number of benzene rings is 1. The minimum absolute atomic E-state index is 0.0228. The van der Waals surface area contributed by atoms with Crippen molar-refractivity contribution in [2.24, 2.45) is 5.92 Å². The number of amides is 2. The first kappa shape index (κ1) is 20.6. The molecule has 0 unspecified atom stereocenters. The van der Waals surface area contributed by atoms with Crippen LogP contribution in [-0.2, 0) is 11.3 Å². The van der Waals surface area contributed by atoms with E-state index in [1.165, 1.54) is 0 Å². The highest BCUT2D eigenvalue weighted by Crippen LogP contribution is 2.21. The quantitative estimate of drug-likeness (QED) is 0.640. The number of nitrogens with one attached hydrogen (secondary N) is 2. The Morgan fingerprint density at radius 2 is 1.94 bits per heavy atom. The lowest BCUT2D eigenvalue weighted by atomic mass is 9.95. The van der Waals surface area contributed by atoms with Gasteiger partial charge in [0.1, 0.15) is 5.75 Å². The molecular weight excluding hydrogens is 394 g/mol. The lowest BCUT2D eigenvalue weighted by Crippen LogP contribution is -2.43. The van der Waals surface area contributed by atoms with Gasteiger partial charge in [-0.1, -0.05) is 12.1 Å². The summed E-state index contributed by atoms with van der Waals surface area (Å²) in [4.78, 5) is 31.1. The van der Waals surface area contributed by atoms with Crippen LogP contribution in [0, 0.1) is 5.92 Å². The van der Waals surface area contributed by atoms with Crippen molar-refractivity contribution >= 4 is 11.8 Å². The van der Waals surface area contributed by atoms with Gasteiger partial charge >= 0.3 is 0 Å². The van der Waals surface area contributed by atoms with Gasteiger partial charge in [-0.25, -0.2) is 0 Å². The van der Waals surface area contributed by atoms with Crippen LogP contribution in [0.5, 0.6) is 5.75 Å². The molecule has 1 aliphatic heterocycles. The lowest BCUT2D eigenvalue weighted by molar-refractivity contribution is -0.126. The van der Waals surface area contributed by atoms with Gasteiger partial charge in [-0.15, -0.1) is 0 Å². The van der Waals surface area contributed by atoms with Crippen molar-refractivity contribution in [2.45, 2.75) is 19.4 Å². The number of H-pyrrole nitrogens is 1. The number of likely N-dealkylation sites (tertiary alicyclic amines) is 1. The van der Waals surface area contributed by atoms with Gasteiger partial charge in [-0.2, -0.15) is 5.10 Å². The van der Waals surface area contributed by atoms with E-state index >= 15 is 0 Å². The van der Waals surface area contributed by atoms with Gasteiger partial charge in [0.15, 0.2) is 5.69 Å². The Morgan fingerprint density at radius 1 is 1.16 bits per heavy atom. The van der Waals surface area contributed by atoms with Crippen LogP contribution in [0.15, 0.2) is 54.9 Å². The molecule has 1 saturated heterocycles. The zero-order valence-electron chi connectivity index (χ0n) is 17.4. The first-order valence-corrected chi connectivity index (χ1v) is 10.3. The standard InChI is InChI=1S/C23H25N5O3/c1-31-19-4-2-3-16(13-19)15-25-22(29)18-7-11-28(12-8-18)23(30)21-14-20(26-27-21)17-5-9-24-10-6-17/h2-6,9-10,13-14,18H,7-8,11-12,15H2,1H3,(H,25,29)(H,26,27).